The summed E-state index contributed by atoms with van der Waals surface area (Å²) in [5.74, 6) is 0.0810. The number of nitrogens with one attached hydrogen (secondary N) is 1. The molecule has 0 bridgehead atoms. The van der Waals surface area contributed by atoms with Gasteiger partial charge in [-0.2, -0.15) is 5.10 Å². The molecule has 3 rings (SSSR count). The third kappa shape index (κ3) is 4.81. The molecule has 0 spiro atoms. The van der Waals surface area contributed by atoms with Crippen LogP contribution in [0.2, 0.25) is 0 Å². The molecule has 1 aliphatic heterocycles. The minimum absolute atomic E-state index is 0.0753. The summed E-state index contributed by atoms with van der Waals surface area (Å²) in [6, 6.07) is 5.01. The third-order valence-corrected chi connectivity index (χ3v) is 5.02. The molecule has 2 aromatic rings. The highest BCUT2D eigenvalue weighted by molar-refractivity contribution is 5.81. The smallest absolute Gasteiger partial charge is 0.270 e. The molecule has 1 aromatic heterocycles. The number of hydrogen-bond acceptors (Lipinski definition) is 6. The summed E-state index contributed by atoms with van der Waals surface area (Å²) in [5.41, 5.74) is 0.960. The molecule has 0 saturated carbocycles. The van der Waals surface area contributed by atoms with Gasteiger partial charge in [0.25, 0.3) is 5.69 Å². The molecule has 1 saturated heterocycles. The standard InChI is InChI=1S/C18H26N6O3/c1-3-14(2)20-18(25)12-21-6-8-22(9-7-21)13-23-17-5-4-16(24(26)27)10-15(17)11-19-23/h4-5,10-11,14H,3,6-9,12-13H2,1-2H3,(H,20,25). The number of nitrogens with zero attached hydrogens (tertiary/aromatic N) is 5. The highest BCUT2D eigenvalue weighted by Gasteiger charge is 2.20. The number of hydrogen-bond donors (Lipinski definition) is 1. The van der Waals surface area contributed by atoms with Crippen LogP contribution in [0.5, 0.6) is 0 Å². The zero-order chi connectivity index (χ0) is 19.4. The number of carbonyl (C=O) groups is 1. The Morgan fingerprint density at radius 1 is 1.30 bits per heavy atom. The van der Waals surface area contributed by atoms with Crippen molar-refractivity contribution in [2.45, 2.75) is 33.0 Å². The first kappa shape index (κ1) is 19.2. The number of piperazine rings is 1. The second-order valence-corrected chi connectivity index (χ2v) is 7.06. The molecule has 0 aliphatic carbocycles. The second kappa shape index (κ2) is 8.45. The molecule has 1 aromatic carbocycles. The minimum atomic E-state index is -0.395. The van der Waals surface area contributed by atoms with Crippen molar-refractivity contribution in [2.75, 3.05) is 32.7 Å². The molecular formula is C18H26N6O3. The van der Waals surface area contributed by atoms with Crippen molar-refractivity contribution in [2.24, 2.45) is 0 Å². The molecule has 27 heavy (non-hydrogen) atoms. The first-order valence-corrected chi connectivity index (χ1v) is 9.30. The third-order valence-electron chi connectivity index (χ3n) is 5.02. The summed E-state index contributed by atoms with van der Waals surface area (Å²) in [5, 5.41) is 19.0. The Balaban J connectivity index is 1.53. The predicted molar refractivity (Wildman–Crippen MR) is 102 cm³/mol. The number of non-ortho nitro benzene ring substituents is 1. The number of carbonyl (C=O) groups excluding carboxylic acids is 1. The number of amides is 1. The largest absolute Gasteiger partial charge is 0.353 e. The summed E-state index contributed by atoms with van der Waals surface area (Å²) < 4.78 is 1.87. The summed E-state index contributed by atoms with van der Waals surface area (Å²) in [6.45, 7) is 8.51. The van der Waals surface area contributed by atoms with Crippen molar-refractivity contribution in [1.82, 2.24) is 24.9 Å². The van der Waals surface area contributed by atoms with Gasteiger partial charge in [0.2, 0.25) is 5.91 Å². The van der Waals surface area contributed by atoms with Gasteiger partial charge >= 0.3 is 0 Å². The monoisotopic (exact) mass is 374 g/mol. The van der Waals surface area contributed by atoms with Crippen LogP contribution in [0.1, 0.15) is 20.3 Å². The SMILES string of the molecule is CCC(C)NC(=O)CN1CCN(Cn2ncc3cc([N+](=O)[O-])ccc32)CC1. The zero-order valence-electron chi connectivity index (χ0n) is 15.8. The maximum atomic E-state index is 12.0. The fourth-order valence-corrected chi connectivity index (χ4v) is 3.20. The van der Waals surface area contributed by atoms with Crippen LogP contribution in [-0.4, -0.2) is 69.2 Å². The van der Waals surface area contributed by atoms with Crippen LogP contribution in [0.25, 0.3) is 10.9 Å². The Bertz CT molecular complexity index is 813. The Kier molecular flexibility index (Phi) is 6.02. The van der Waals surface area contributed by atoms with E-state index in [-0.39, 0.29) is 17.6 Å². The van der Waals surface area contributed by atoms with Gasteiger partial charge in [0, 0.05) is 49.7 Å². The molecule has 9 heteroatoms. The van der Waals surface area contributed by atoms with E-state index in [0.717, 1.165) is 43.5 Å². The van der Waals surface area contributed by atoms with E-state index in [4.69, 9.17) is 0 Å². The van der Waals surface area contributed by atoms with Gasteiger partial charge in [-0.25, -0.2) is 0 Å². The van der Waals surface area contributed by atoms with Gasteiger partial charge in [-0.1, -0.05) is 6.92 Å². The van der Waals surface area contributed by atoms with Crippen LogP contribution < -0.4 is 5.32 Å². The molecule has 1 amide bonds. The topological polar surface area (TPSA) is 96.5 Å². The normalized spacial score (nSPS) is 17.1. The zero-order valence-corrected chi connectivity index (χ0v) is 15.8. The molecule has 9 nitrogen and oxygen atoms in total. The molecule has 146 valence electrons. The fourth-order valence-electron chi connectivity index (χ4n) is 3.20. The summed E-state index contributed by atoms with van der Waals surface area (Å²) in [4.78, 5) is 26.9. The van der Waals surface area contributed by atoms with Crippen molar-refractivity contribution < 1.29 is 9.72 Å². The van der Waals surface area contributed by atoms with Gasteiger partial charge in [0.05, 0.1) is 29.9 Å². The number of fused-ring (bicyclic) bond motifs is 1. The maximum Gasteiger partial charge on any atom is 0.270 e. The second-order valence-electron chi connectivity index (χ2n) is 7.06. The molecule has 0 radical (unpaired) electrons. The summed E-state index contributed by atoms with van der Waals surface area (Å²) in [7, 11) is 0. The van der Waals surface area contributed by atoms with Crippen LogP contribution >= 0.6 is 0 Å². The van der Waals surface area contributed by atoms with E-state index in [9.17, 15) is 14.9 Å². The molecular weight excluding hydrogens is 348 g/mol. The van der Waals surface area contributed by atoms with Crippen molar-refractivity contribution in [3.63, 3.8) is 0 Å². The number of benzene rings is 1. The number of rotatable bonds is 7. The van der Waals surface area contributed by atoms with Gasteiger partial charge in [-0.15, -0.1) is 0 Å². The van der Waals surface area contributed by atoms with Crippen molar-refractivity contribution in [1.29, 1.82) is 0 Å². The van der Waals surface area contributed by atoms with E-state index in [1.54, 1.807) is 18.3 Å². The van der Waals surface area contributed by atoms with E-state index in [0.29, 0.717) is 13.2 Å². The van der Waals surface area contributed by atoms with Gasteiger partial charge in [-0.05, 0) is 19.4 Å². The first-order valence-electron chi connectivity index (χ1n) is 9.30. The van der Waals surface area contributed by atoms with Crippen molar-refractivity contribution >= 4 is 22.5 Å². The van der Waals surface area contributed by atoms with Crippen LogP contribution in [0.3, 0.4) is 0 Å². The molecule has 2 heterocycles. The number of aromatic nitrogens is 2. The Morgan fingerprint density at radius 3 is 2.67 bits per heavy atom. The summed E-state index contributed by atoms with van der Waals surface area (Å²) in [6.07, 6.45) is 2.60. The average molecular weight is 374 g/mol. The van der Waals surface area contributed by atoms with Crippen LogP contribution in [0, 0.1) is 10.1 Å². The lowest BCUT2D eigenvalue weighted by molar-refractivity contribution is -0.384. The van der Waals surface area contributed by atoms with Gasteiger partial charge in [-0.3, -0.25) is 29.4 Å². The van der Waals surface area contributed by atoms with Gasteiger partial charge in [0.15, 0.2) is 0 Å². The molecule has 1 unspecified atom stereocenters. The fraction of sp³-hybridized carbons (Fsp3) is 0.556. The van der Waals surface area contributed by atoms with E-state index in [1.165, 1.54) is 6.07 Å². The lowest BCUT2D eigenvalue weighted by Crippen LogP contribution is -2.50. The average Bonchev–Trinajstić information content (AvgIpc) is 3.05. The highest BCUT2D eigenvalue weighted by Crippen LogP contribution is 2.21. The van der Waals surface area contributed by atoms with E-state index in [2.05, 4.69) is 27.1 Å². The maximum absolute atomic E-state index is 12.0. The minimum Gasteiger partial charge on any atom is -0.353 e. The van der Waals surface area contributed by atoms with Crippen LogP contribution in [0.15, 0.2) is 24.4 Å². The van der Waals surface area contributed by atoms with E-state index in [1.807, 2.05) is 11.6 Å². The lowest BCUT2D eigenvalue weighted by atomic mass is 10.2. The van der Waals surface area contributed by atoms with E-state index >= 15 is 0 Å². The highest BCUT2D eigenvalue weighted by atomic mass is 16.6. The summed E-state index contributed by atoms with van der Waals surface area (Å²) >= 11 is 0. The number of nitro benzene ring substituents is 1. The Morgan fingerprint density at radius 2 is 2.00 bits per heavy atom. The Labute approximate surface area is 158 Å². The van der Waals surface area contributed by atoms with Crippen molar-refractivity contribution in [3.8, 4) is 0 Å². The van der Waals surface area contributed by atoms with Crippen LogP contribution in [-0.2, 0) is 11.5 Å². The van der Waals surface area contributed by atoms with Crippen LogP contribution in [0.4, 0.5) is 5.69 Å². The van der Waals surface area contributed by atoms with Gasteiger partial charge in [0.1, 0.15) is 0 Å². The van der Waals surface area contributed by atoms with E-state index < -0.39 is 4.92 Å². The quantitative estimate of drug-likeness (QED) is 0.582. The first-order chi connectivity index (χ1) is 13.0. The van der Waals surface area contributed by atoms with Crippen molar-refractivity contribution in [3.05, 3.63) is 34.5 Å². The predicted octanol–water partition coefficient (Wildman–Crippen LogP) is 1.43. The molecule has 1 N–H and O–H groups in total. The molecule has 1 fully saturated rings. The molecule has 1 aliphatic rings. The van der Waals surface area contributed by atoms with Gasteiger partial charge < -0.3 is 5.32 Å². The molecule has 1 atom stereocenters. The Hall–Kier alpha value is -2.52. The number of nitro groups is 1. The lowest BCUT2D eigenvalue weighted by Gasteiger charge is -2.34.